The highest BCUT2D eigenvalue weighted by Gasteiger charge is 2.03. The van der Waals surface area contributed by atoms with E-state index in [1.165, 1.54) is 18.2 Å². The molecule has 0 fully saturated rings. The third kappa shape index (κ3) is 4.61. The highest BCUT2D eigenvalue weighted by atomic mass is 19.1. The monoisotopic (exact) mass is 226 g/mol. The summed E-state index contributed by atoms with van der Waals surface area (Å²) in [4.78, 5) is 2.52. The third-order valence-corrected chi connectivity index (χ3v) is 1.65. The number of aliphatic hydroxyl groups is 1. The summed E-state index contributed by atoms with van der Waals surface area (Å²) in [5.74, 6) is -0.411. The van der Waals surface area contributed by atoms with Gasteiger partial charge >= 0.3 is 0 Å². The number of ether oxygens (including phenoxy) is 1. The van der Waals surface area contributed by atoms with Crippen molar-refractivity contribution >= 4 is 5.69 Å². The van der Waals surface area contributed by atoms with Crippen molar-refractivity contribution in [2.75, 3.05) is 18.5 Å². The average molecular weight is 226 g/mol. The Balaban J connectivity index is 2.33. The maximum atomic E-state index is 12.8. The van der Waals surface area contributed by atoms with Gasteiger partial charge < -0.3 is 15.2 Å². The van der Waals surface area contributed by atoms with Crippen molar-refractivity contribution in [1.29, 1.82) is 0 Å². The van der Waals surface area contributed by atoms with E-state index in [1.807, 2.05) is 0 Å². The Morgan fingerprint density at radius 1 is 1.62 bits per heavy atom. The topological polar surface area (TPSA) is 90.3 Å². The van der Waals surface area contributed by atoms with Crippen LogP contribution in [0.1, 0.15) is 0 Å². The highest BCUT2D eigenvalue weighted by Crippen LogP contribution is 2.09. The fourth-order valence-corrected chi connectivity index (χ4v) is 1.01. The van der Waals surface area contributed by atoms with E-state index >= 15 is 0 Å². The zero-order valence-electron chi connectivity index (χ0n) is 8.38. The number of anilines is 1. The SMILES string of the molecule is [N-]=[N+]=NCCO[C@H](O)Nc1cccc(F)c1. The van der Waals surface area contributed by atoms with Crippen molar-refractivity contribution in [2.45, 2.75) is 6.41 Å². The predicted molar refractivity (Wildman–Crippen MR) is 56.0 cm³/mol. The maximum Gasteiger partial charge on any atom is 0.235 e. The number of benzene rings is 1. The van der Waals surface area contributed by atoms with Gasteiger partial charge in [0.05, 0.1) is 6.61 Å². The fraction of sp³-hybridized carbons (Fsp3) is 0.333. The molecule has 0 radical (unpaired) electrons. The fourth-order valence-electron chi connectivity index (χ4n) is 1.01. The van der Waals surface area contributed by atoms with Crippen LogP contribution in [0.3, 0.4) is 0 Å². The molecule has 0 saturated carbocycles. The number of nitrogens with zero attached hydrogens (tertiary/aromatic N) is 3. The Bertz CT molecular complexity index is 382. The highest BCUT2D eigenvalue weighted by molar-refractivity contribution is 5.42. The van der Waals surface area contributed by atoms with Gasteiger partial charge in [-0.15, -0.1) is 0 Å². The quantitative estimate of drug-likeness (QED) is 0.255. The number of halogens is 1. The van der Waals surface area contributed by atoms with Crippen molar-refractivity contribution in [3.63, 3.8) is 0 Å². The third-order valence-electron chi connectivity index (χ3n) is 1.65. The van der Waals surface area contributed by atoms with Crippen LogP contribution in [0.25, 0.3) is 10.4 Å². The lowest BCUT2D eigenvalue weighted by Gasteiger charge is -2.13. The van der Waals surface area contributed by atoms with Gasteiger partial charge in [0.15, 0.2) is 0 Å². The van der Waals surface area contributed by atoms with Crippen LogP contribution < -0.4 is 5.32 Å². The van der Waals surface area contributed by atoms with Crippen molar-refractivity contribution < 1.29 is 14.2 Å². The van der Waals surface area contributed by atoms with E-state index < -0.39 is 12.2 Å². The van der Waals surface area contributed by atoms with Gasteiger partial charge in [-0.3, -0.25) is 0 Å². The van der Waals surface area contributed by atoms with E-state index in [1.54, 1.807) is 6.07 Å². The first-order valence-electron chi connectivity index (χ1n) is 4.55. The van der Waals surface area contributed by atoms with Gasteiger partial charge in [0.2, 0.25) is 6.41 Å². The molecule has 6 nitrogen and oxygen atoms in total. The molecule has 0 aliphatic rings. The summed E-state index contributed by atoms with van der Waals surface area (Å²) in [6.45, 7) is 0.200. The molecule has 1 aromatic rings. The molecule has 2 N–H and O–H groups in total. The zero-order valence-corrected chi connectivity index (χ0v) is 8.38. The predicted octanol–water partition coefficient (Wildman–Crippen LogP) is 1.84. The largest absolute Gasteiger partial charge is 0.351 e. The Labute approximate surface area is 91.3 Å². The molecule has 0 saturated heterocycles. The first-order chi connectivity index (χ1) is 7.72. The van der Waals surface area contributed by atoms with Crippen LogP contribution in [0, 0.1) is 5.82 Å². The van der Waals surface area contributed by atoms with Gasteiger partial charge in [-0.2, -0.15) is 0 Å². The maximum absolute atomic E-state index is 12.8. The number of rotatable bonds is 6. The molecule has 0 amide bonds. The molecule has 0 unspecified atom stereocenters. The van der Waals surface area contributed by atoms with Gasteiger partial charge in [-0.05, 0) is 23.7 Å². The zero-order chi connectivity index (χ0) is 11.8. The van der Waals surface area contributed by atoms with E-state index in [9.17, 15) is 9.50 Å². The molecule has 86 valence electrons. The number of hydrogen-bond acceptors (Lipinski definition) is 4. The lowest BCUT2D eigenvalue weighted by atomic mass is 10.3. The molecule has 0 heterocycles. The summed E-state index contributed by atoms with van der Waals surface area (Å²) in [6, 6.07) is 5.60. The molecule has 0 aliphatic heterocycles. The van der Waals surface area contributed by atoms with Crippen LogP contribution in [0.5, 0.6) is 0 Å². The van der Waals surface area contributed by atoms with Crippen LogP contribution in [0.4, 0.5) is 10.1 Å². The molecular formula is C9H11FN4O2. The number of azide groups is 1. The smallest absolute Gasteiger partial charge is 0.235 e. The minimum Gasteiger partial charge on any atom is -0.351 e. The van der Waals surface area contributed by atoms with E-state index in [0.29, 0.717) is 5.69 Å². The lowest BCUT2D eigenvalue weighted by Crippen LogP contribution is -2.23. The van der Waals surface area contributed by atoms with Crippen LogP contribution in [0.15, 0.2) is 29.4 Å². The lowest BCUT2D eigenvalue weighted by molar-refractivity contribution is -0.0750. The van der Waals surface area contributed by atoms with Crippen molar-refractivity contribution in [2.24, 2.45) is 5.11 Å². The Hall–Kier alpha value is -1.82. The van der Waals surface area contributed by atoms with Crippen LogP contribution in [-0.2, 0) is 4.74 Å². The van der Waals surface area contributed by atoms with Gasteiger partial charge in [0.1, 0.15) is 5.82 Å². The molecule has 1 aromatic carbocycles. The Kier molecular flexibility index (Phi) is 5.07. The summed E-state index contributed by atoms with van der Waals surface area (Å²) in [6.07, 6.45) is -1.27. The normalized spacial score (nSPS) is 11.6. The van der Waals surface area contributed by atoms with Gasteiger partial charge in [-0.1, -0.05) is 11.2 Å². The standard InChI is InChI=1S/C9H11FN4O2/c10-7-2-1-3-8(6-7)13-9(15)16-5-4-12-14-11/h1-3,6,9,13,15H,4-5H2/t9-/m0/s1. The van der Waals surface area contributed by atoms with E-state index in [2.05, 4.69) is 15.3 Å². The molecule has 0 bridgehead atoms. The molecule has 7 heteroatoms. The summed E-state index contributed by atoms with van der Waals surface area (Å²) >= 11 is 0. The van der Waals surface area contributed by atoms with Crippen molar-refractivity contribution in [3.8, 4) is 0 Å². The van der Waals surface area contributed by atoms with Gasteiger partial charge in [0.25, 0.3) is 0 Å². The molecule has 0 aliphatic carbocycles. The molecule has 16 heavy (non-hydrogen) atoms. The van der Waals surface area contributed by atoms with Gasteiger partial charge in [-0.25, -0.2) is 4.39 Å². The van der Waals surface area contributed by atoms with Crippen LogP contribution in [0.2, 0.25) is 0 Å². The Morgan fingerprint density at radius 2 is 2.44 bits per heavy atom. The molecule has 1 atom stereocenters. The van der Waals surface area contributed by atoms with Crippen molar-refractivity contribution in [3.05, 3.63) is 40.5 Å². The minimum atomic E-state index is -1.27. The second-order valence-corrected chi connectivity index (χ2v) is 2.83. The summed E-state index contributed by atoms with van der Waals surface area (Å²) in [5, 5.41) is 15.0. The molecule has 0 spiro atoms. The second kappa shape index (κ2) is 6.62. The number of aliphatic hydroxyl groups excluding tert-OH is 1. The summed E-state index contributed by atoms with van der Waals surface area (Å²) in [7, 11) is 0. The minimum absolute atomic E-state index is 0.0769. The number of hydrogen-bond donors (Lipinski definition) is 2. The first kappa shape index (κ1) is 12.3. The number of nitrogens with one attached hydrogen (secondary N) is 1. The summed E-state index contributed by atoms with van der Waals surface area (Å²) < 4.78 is 17.6. The first-order valence-corrected chi connectivity index (χ1v) is 4.55. The van der Waals surface area contributed by atoms with E-state index in [0.717, 1.165) is 0 Å². The molecule has 0 aromatic heterocycles. The van der Waals surface area contributed by atoms with Gasteiger partial charge in [0, 0.05) is 17.1 Å². The average Bonchev–Trinajstić information content (AvgIpc) is 2.24. The molecular weight excluding hydrogens is 215 g/mol. The van der Waals surface area contributed by atoms with Crippen LogP contribution in [-0.4, -0.2) is 24.7 Å². The Morgan fingerprint density at radius 3 is 3.12 bits per heavy atom. The van der Waals surface area contributed by atoms with Crippen molar-refractivity contribution in [1.82, 2.24) is 0 Å². The van der Waals surface area contributed by atoms with Crippen LogP contribution >= 0.6 is 0 Å². The molecule has 1 rings (SSSR count). The summed E-state index contributed by atoms with van der Waals surface area (Å²) in [5.41, 5.74) is 8.38. The second-order valence-electron chi connectivity index (χ2n) is 2.83. The van der Waals surface area contributed by atoms with E-state index in [4.69, 9.17) is 10.3 Å². The van der Waals surface area contributed by atoms with E-state index in [-0.39, 0.29) is 13.2 Å².